The average molecular weight is 376 g/mol. The first-order valence-electron chi connectivity index (χ1n) is 8.79. The third-order valence-corrected chi connectivity index (χ3v) is 5.45. The highest BCUT2D eigenvalue weighted by atomic mass is 32.1. The van der Waals surface area contributed by atoms with Crippen LogP contribution in [0, 0.1) is 0 Å². The fourth-order valence-corrected chi connectivity index (χ4v) is 3.70. The lowest BCUT2D eigenvalue weighted by molar-refractivity contribution is -0.132. The van der Waals surface area contributed by atoms with Gasteiger partial charge in [-0.05, 0) is 24.6 Å². The lowest BCUT2D eigenvalue weighted by Crippen LogP contribution is -2.32. The Morgan fingerprint density at radius 3 is 2.63 bits per heavy atom. The monoisotopic (exact) mass is 376 g/mol. The van der Waals surface area contributed by atoms with Gasteiger partial charge in [-0.25, -0.2) is 9.97 Å². The molecule has 0 N–H and O–H groups in total. The Balaban J connectivity index is 1.66. The number of hydrogen-bond donors (Lipinski definition) is 0. The van der Waals surface area contributed by atoms with Crippen LogP contribution in [0.25, 0.3) is 22.6 Å². The lowest BCUT2D eigenvalue weighted by atomic mass is 10.1. The van der Waals surface area contributed by atoms with Gasteiger partial charge in [-0.15, -0.1) is 11.3 Å². The smallest absolute Gasteiger partial charge is 0.242 e. The molecule has 0 bridgehead atoms. The van der Waals surface area contributed by atoms with E-state index in [-0.39, 0.29) is 18.5 Å². The number of carbonyl (C=O) groups is 1. The number of amides is 1. The van der Waals surface area contributed by atoms with Crippen LogP contribution in [0.3, 0.4) is 0 Å². The molecule has 0 spiro atoms. The Hall–Kier alpha value is -2.99. The zero-order chi connectivity index (χ0) is 18.8. The molecule has 2 heterocycles. The van der Waals surface area contributed by atoms with Crippen LogP contribution >= 0.6 is 11.3 Å². The Bertz CT molecular complexity index is 1060. The van der Waals surface area contributed by atoms with Gasteiger partial charge in [0.05, 0.1) is 22.6 Å². The first-order valence-corrected chi connectivity index (χ1v) is 9.74. The summed E-state index contributed by atoms with van der Waals surface area (Å²) in [6.45, 7) is 2.27. The maximum atomic E-state index is 13.1. The van der Waals surface area contributed by atoms with Crippen LogP contribution < -0.4 is 0 Å². The number of imidazole rings is 1. The van der Waals surface area contributed by atoms with Crippen molar-refractivity contribution in [2.75, 3.05) is 7.05 Å². The highest BCUT2D eigenvalue weighted by molar-refractivity contribution is 7.07. The maximum Gasteiger partial charge on any atom is 0.242 e. The third-order valence-electron chi connectivity index (χ3n) is 4.87. The molecule has 0 aliphatic heterocycles. The molecule has 1 amide bonds. The highest BCUT2D eigenvalue weighted by Gasteiger charge is 2.21. The van der Waals surface area contributed by atoms with Crippen LogP contribution in [-0.2, 0) is 11.3 Å². The fourth-order valence-electron chi connectivity index (χ4n) is 3.17. The Morgan fingerprint density at radius 1 is 1.15 bits per heavy atom. The quantitative estimate of drug-likeness (QED) is 0.519. The molecule has 5 nitrogen and oxygen atoms in total. The number of fused-ring (bicyclic) bond motifs is 1. The summed E-state index contributed by atoms with van der Waals surface area (Å²) < 4.78 is 1.96. The first kappa shape index (κ1) is 17.4. The van der Waals surface area contributed by atoms with E-state index in [0.717, 1.165) is 28.1 Å². The SMILES string of the molecule is C[C@@H](c1ccccc1)N(C)C(=O)Cn1c(-c2cscn2)nc2ccccc21. The zero-order valence-corrected chi connectivity index (χ0v) is 16.1. The molecular formula is C21H20N4OS. The van der Waals surface area contributed by atoms with Crippen LogP contribution in [0.15, 0.2) is 65.5 Å². The summed E-state index contributed by atoms with van der Waals surface area (Å²) in [4.78, 5) is 23.9. The van der Waals surface area contributed by atoms with Crippen molar-refractivity contribution in [3.05, 3.63) is 71.1 Å². The van der Waals surface area contributed by atoms with Crippen molar-refractivity contribution in [1.29, 1.82) is 0 Å². The van der Waals surface area contributed by atoms with Crippen molar-refractivity contribution in [3.63, 3.8) is 0 Å². The van der Waals surface area contributed by atoms with Gasteiger partial charge in [0.1, 0.15) is 12.2 Å². The molecule has 0 unspecified atom stereocenters. The number of aromatic nitrogens is 3. The molecule has 2 aromatic heterocycles. The number of thiazole rings is 1. The minimum Gasteiger partial charge on any atom is -0.337 e. The van der Waals surface area contributed by atoms with Gasteiger partial charge in [0, 0.05) is 12.4 Å². The Kier molecular flexibility index (Phi) is 4.73. The van der Waals surface area contributed by atoms with Crippen molar-refractivity contribution >= 4 is 28.3 Å². The van der Waals surface area contributed by atoms with Crippen molar-refractivity contribution in [1.82, 2.24) is 19.4 Å². The molecule has 0 aliphatic rings. The van der Waals surface area contributed by atoms with E-state index in [9.17, 15) is 4.79 Å². The molecule has 0 radical (unpaired) electrons. The lowest BCUT2D eigenvalue weighted by Gasteiger charge is -2.26. The van der Waals surface area contributed by atoms with Crippen LogP contribution in [0.5, 0.6) is 0 Å². The molecular weight excluding hydrogens is 356 g/mol. The average Bonchev–Trinajstić information content (AvgIpc) is 3.36. The van der Waals surface area contributed by atoms with Crippen LogP contribution in [0.4, 0.5) is 0 Å². The summed E-state index contributed by atoms with van der Waals surface area (Å²) in [6.07, 6.45) is 0. The van der Waals surface area contributed by atoms with E-state index in [1.807, 2.05) is 78.5 Å². The van der Waals surface area contributed by atoms with Crippen LogP contribution in [0.1, 0.15) is 18.5 Å². The number of hydrogen-bond acceptors (Lipinski definition) is 4. The van der Waals surface area contributed by atoms with Gasteiger partial charge in [0.15, 0.2) is 5.82 Å². The van der Waals surface area contributed by atoms with Crippen molar-refractivity contribution in [2.45, 2.75) is 19.5 Å². The maximum absolute atomic E-state index is 13.1. The number of rotatable bonds is 5. The topological polar surface area (TPSA) is 51.0 Å². The number of para-hydroxylation sites is 2. The highest BCUT2D eigenvalue weighted by Crippen LogP contribution is 2.26. The second-order valence-corrected chi connectivity index (χ2v) is 7.19. The molecule has 27 heavy (non-hydrogen) atoms. The summed E-state index contributed by atoms with van der Waals surface area (Å²) in [5.41, 5.74) is 5.50. The van der Waals surface area contributed by atoms with Gasteiger partial charge in [0.25, 0.3) is 0 Å². The molecule has 0 aliphatic carbocycles. The first-order chi connectivity index (χ1) is 13.1. The van der Waals surface area contributed by atoms with E-state index in [2.05, 4.69) is 4.98 Å². The normalized spacial score (nSPS) is 12.2. The summed E-state index contributed by atoms with van der Waals surface area (Å²) in [5.74, 6) is 0.762. The largest absolute Gasteiger partial charge is 0.337 e. The molecule has 0 saturated heterocycles. The van der Waals surface area contributed by atoms with E-state index < -0.39 is 0 Å². The minimum absolute atomic E-state index is 0.00351. The Morgan fingerprint density at radius 2 is 1.89 bits per heavy atom. The number of nitrogens with zero attached hydrogens (tertiary/aromatic N) is 4. The zero-order valence-electron chi connectivity index (χ0n) is 15.2. The van der Waals surface area contributed by atoms with E-state index in [4.69, 9.17) is 4.98 Å². The molecule has 136 valence electrons. The van der Waals surface area contributed by atoms with Crippen molar-refractivity contribution < 1.29 is 4.79 Å². The van der Waals surface area contributed by atoms with Crippen molar-refractivity contribution in [3.8, 4) is 11.5 Å². The second kappa shape index (κ2) is 7.32. The van der Waals surface area contributed by atoms with Gasteiger partial charge >= 0.3 is 0 Å². The number of benzene rings is 2. The number of carbonyl (C=O) groups excluding carboxylic acids is 1. The van der Waals surface area contributed by atoms with Crippen LogP contribution in [-0.4, -0.2) is 32.4 Å². The second-order valence-electron chi connectivity index (χ2n) is 6.48. The Labute approximate surface area is 161 Å². The predicted octanol–water partition coefficient (Wildman–Crippen LogP) is 4.38. The third kappa shape index (κ3) is 3.36. The van der Waals surface area contributed by atoms with Gasteiger partial charge in [-0.3, -0.25) is 4.79 Å². The number of likely N-dealkylation sites (N-methyl/N-ethyl adjacent to an activating group) is 1. The molecule has 4 rings (SSSR count). The molecule has 4 aromatic rings. The van der Waals surface area contributed by atoms with Gasteiger partial charge < -0.3 is 9.47 Å². The molecule has 1 atom stereocenters. The summed E-state index contributed by atoms with van der Waals surface area (Å²) in [6, 6.07) is 17.9. The van der Waals surface area contributed by atoms with Gasteiger partial charge in [0.2, 0.25) is 5.91 Å². The van der Waals surface area contributed by atoms with Crippen molar-refractivity contribution in [2.24, 2.45) is 0 Å². The fraction of sp³-hybridized carbons (Fsp3) is 0.190. The van der Waals surface area contributed by atoms with Gasteiger partial charge in [-0.2, -0.15) is 0 Å². The minimum atomic E-state index is -0.00351. The summed E-state index contributed by atoms with van der Waals surface area (Å²) >= 11 is 1.52. The summed E-state index contributed by atoms with van der Waals surface area (Å²) in [7, 11) is 1.85. The standard InChI is InChI=1S/C21H20N4OS/c1-15(16-8-4-3-5-9-16)24(2)20(26)12-25-19-11-7-6-10-17(19)23-21(25)18-13-27-14-22-18/h3-11,13-15H,12H2,1-2H3/t15-/m0/s1. The molecule has 6 heteroatoms. The van der Waals surface area contributed by atoms with E-state index in [1.165, 1.54) is 11.3 Å². The van der Waals surface area contributed by atoms with Gasteiger partial charge in [-0.1, -0.05) is 42.5 Å². The van der Waals surface area contributed by atoms with Crippen LogP contribution in [0.2, 0.25) is 0 Å². The van der Waals surface area contributed by atoms with E-state index in [1.54, 1.807) is 10.4 Å². The molecule has 0 fully saturated rings. The van der Waals surface area contributed by atoms with E-state index in [0.29, 0.717) is 0 Å². The predicted molar refractivity (Wildman–Crippen MR) is 108 cm³/mol. The molecule has 0 saturated carbocycles. The van der Waals surface area contributed by atoms with E-state index >= 15 is 0 Å². The summed E-state index contributed by atoms with van der Waals surface area (Å²) in [5, 5.41) is 1.96. The molecule has 2 aromatic carbocycles.